The fourth-order valence-corrected chi connectivity index (χ4v) is 3.92. The molecule has 0 aromatic heterocycles. The van der Waals surface area contributed by atoms with Crippen LogP contribution in [0.1, 0.15) is 48.8 Å². The van der Waals surface area contributed by atoms with Crippen LogP contribution in [-0.4, -0.2) is 19.0 Å². The van der Waals surface area contributed by atoms with Crippen LogP contribution in [0, 0.1) is 5.92 Å². The number of nitrogens with zero attached hydrogens (tertiary/aromatic N) is 1. The molecule has 1 aliphatic rings. The minimum absolute atomic E-state index is 0.0312. The van der Waals surface area contributed by atoms with Gasteiger partial charge in [0.25, 0.3) is 0 Å². The van der Waals surface area contributed by atoms with E-state index in [2.05, 4.69) is 4.74 Å². The van der Waals surface area contributed by atoms with Gasteiger partial charge in [-0.2, -0.15) is 13.2 Å². The van der Waals surface area contributed by atoms with Crippen molar-refractivity contribution < 1.29 is 27.5 Å². The molecule has 0 atom stereocenters. The van der Waals surface area contributed by atoms with Crippen molar-refractivity contribution in [3.05, 3.63) is 71.3 Å². The van der Waals surface area contributed by atoms with Crippen LogP contribution in [0.25, 0.3) is 6.08 Å². The Labute approximate surface area is 185 Å². The summed E-state index contributed by atoms with van der Waals surface area (Å²) in [5.41, 5.74) is 0.915. The van der Waals surface area contributed by atoms with E-state index in [1.54, 1.807) is 41.3 Å². The number of carbonyl (C=O) groups excluding carboxylic acids is 2. The zero-order valence-electron chi connectivity index (χ0n) is 17.9. The molecule has 7 heteroatoms. The average Bonchev–Trinajstić information content (AvgIpc) is 2.81. The third kappa shape index (κ3) is 6.22. The monoisotopic (exact) mass is 445 g/mol. The molecule has 1 amide bonds. The van der Waals surface area contributed by atoms with Crippen molar-refractivity contribution in [1.82, 2.24) is 0 Å². The van der Waals surface area contributed by atoms with E-state index in [1.807, 2.05) is 0 Å². The number of amides is 1. The summed E-state index contributed by atoms with van der Waals surface area (Å²) in [6.07, 6.45) is 2.98. The Morgan fingerprint density at radius 3 is 2.47 bits per heavy atom. The lowest BCUT2D eigenvalue weighted by atomic mass is 9.88. The molecule has 2 aromatic rings. The minimum atomic E-state index is -4.45. The van der Waals surface area contributed by atoms with Crippen LogP contribution >= 0.6 is 0 Å². The standard InChI is InChI=1S/C25H26F3NO3/c1-32-23(30)14-13-18-7-6-12-22(16-18)29(24(31)20-9-3-2-4-10-20)17-19-8-5-11-21(15-19)25(26,27)28/h5-8,11-16,20H,2-4,9-10,17H2,1H3/b14-13+. The molecule has 0 aliphatic heterocycles. The molecule has 0 heterocycles. The van der Waals surface area contributed by atoms with Gasteiger partial charge in [0.05, 0.1) is 19.2 Å². The Hall–Kier alpha value is -3.09. The molecule has 4 nitrogen and oxygen atoms in total. The minimum Gasteiger partial charge on any atom is -0.466 e. The summed E-state index contributed by atoms with van der Waals surface area (Å²) in [7, 11) is 1.28. The third-order valence-electron chi connectivity index (χ3n) is 5.61. The van der Waals surface area contributed by atoms with Crippen LogP contribution in [0.2, 0.25) is 0 Å². The number of benzene rings is 2. The van der Waals surface area contributed by atoms with E-state index in [4.69, 9.17) is 0 Å². The van der Waals surface area contributed by atoms with E-state index in [9.17, 15) is 22.8 Å². The SMILES string of the molecule is COC(=O)/C=C/c1cccc(N(Cc2cccc(C(F)(F)F)c2)C(=O)C2CCCCC2)c1. The predicted molar refractivity (Wildman–Crippen MR) is 117 cm³/mol. The summed E-state index contributed by atoms with van der Waals surface area (Å²) in [6.45, 7) is 0.0312. The van der Waals surface area contributed by atoms with E-state index in [0.717, 1.165) is 44.2 Å². The van der Waals surface area contributed by atoms with Crippen LogP contribution < -0.4 is 4.90 Å². The molecule has 0 saturated heterocycles. The number of esters is 1. The molecule has 1 aliphatic carbocycles. The van der Waals surface area contributed by atoms with E-state index in [-0.39, 0.29) is 18.4 Å². The molecule has 0 spiro atoms. The van der Waals surface area contributed by atoms with Crippen LogP contribution in [-0.2, 0) is 27.0 Å². The molecule has 0 N–H and O–H groups in total. The highest BCUT2D eigenvalue weighted by molar-refractivity contribution is 5.95. The van der Waals surface area contributed by atoms with Crippen molar-refractivity contribution in [1.29, 1.82) is 0 Å². The Morgan fingerprint density at radius 2 is 1.78 bits per heavy atom. The van der Waals surface area contributed by atoms with Crippen LogP contribution in [0.15, 0.2) is 54.6 Å². The Bertz CT molecular complexity index is 978. The van der Waals surface area contributed by atoms with E-state index in [0.29, 0.717) is 16.8 Å². The molecule has 1 fully saturated rings. The smallest absolute Gasteiger partial charge is 0.416 e. The molecule has 0 bridgehead atoms. The van der Waals surface area contributed by atoms with Gasteiger partial charge in [0, 0.05) is 17.7 Å². The number of methoxy groups -OCH3 is 1. The van der Waals surface area contributed by atoms with Crippen molar-refractivity contribution in [2.75, 3.05) is 12.0 Å². The van der Waals surface area contributed by atoms with Crippen LogP contribution in [0.3, 0.4) is 0 Å². The maximum absolute atomic E-state index is 13.4. The number of carbonyl (C=O) groups is 2. The van der Waals surface area contributed by atoms with E-state index in [1.165, 1.54) is 19.3 Å². The number of alkyl halides is 3. The lowest BCUT2D eigenvalue weighted by Crippen LogP contribution is -2.36. The maximum atomic E-state index is 13.4. The van der Waals surface area contributed by atoms with Gasteiger partial charge in [-0.3, -0.25) is 4.79 Å². The van der Waals surface area contributed by atoms with Crippen molar-refractivity contribution in [3.8, 4) is 0 Å². The maximum Gasteiger partial charge on any atom is 0.416 e. The quantitative estimate of drug-likeness (QED) is 0.404. The van der Waals surface area contributed by atoms with Crippen molar-refractivity contribution in [2.24, 2.45) is 5.92 Å². The molecule has 0 radical (unpaired) electrons. The first-order valence-electron chi connectivity index (χ1n) is 10.6. The highest BCUT2D eigenvalue weighted by Gasteiger charge is 2.31. The molecular weight excluding hydrogens is 419 g/mol. The largest absolute Gasteiger partial charge is 0.466 e. The fourth-order valence-electron chi connectivity index (χ4n) is 3.92. The zero-order valence-corrected chi connectivity index (χ0v) is 17.9. The van der Waals surface area contributed by atoms with Gasteiger partial charge in [0.2, 0.25) is 5.91 Å². The number of ether oxygens (including phenoxy) is 1. The Kier molecular flexibility index (Phi) is 7.72. The van der Waals surface area contributed by atoms with Gasteiger partial charge in [0.15, 0.2) is 0 Å². The van der Waals surface area contributed by atoms with E-state index >= 15 is 0 Å². The van der Waals surface area contributed by atoms with Crippen LogP contribution in [0.4, 0.5) is 18.9 Å². The van der Waals surface area contributed by atoms with Gasteiger partial charge in [-0.1, -0.05) is 43.5 Å². The molecule has 3 rings (SSSR count). The number of rotatable bonds is 6. The van der Waals surface area contributed by atoms with Crippen molar-refractivity contribution in [2.45, 2.75) is 44.8 Å². The number of hydrogen-bond acceptors (Lipinski definition) is 3. The van der Waals surface area contributed by atoms with E-state index < -0.39 is 17.7 Å². The summed E-state index contributed by atoms with van der Waals surface area (Å²) in [5.74, 6) is -0.741. The molecule has 2 aromatic carbocycles. The van der Waals surface area contributed by atoms with Crippen molar-refractivity contribution in [3.63, 3.8) is 0 Å². The lowest BCUT2D eigenvalue weighted by molar-refractivity contribution is -0.137. The first-order chi connectivity index (χ1) is 15.3. The average molecular weight is 445 g/mol. The fraction of sp³-hybridized carbons (Fsp3) is 0.360. The summed E-state index contributed by atoms with van der Waals surface area (Å²) in [6, 6.07) is 12.1. The highest BCUT2D eigenvalue weighted by Crippen LogP contribution is 2.32. The van der Waals surface area contributed by atoms with Gasteiger partial charge in [-0.05, 0) is 54.3 Å². The molecule has 170 valence electrons. The Morgan fingerprint density at radius 1 is 1.06 bits per heavy atom. The van der Waals surface area contributed by atoms with Gasteiger partial charge >= 0.3 is 12.1 Å². The van der Waals surface area contributed by atoms with Gasteiger partial charge < -0.3 is 9.64 Å². The molecule has 0 unspecified atom stereocenters. The zero-order chi connectivity index (χ0) is 23.1. The second-order valence-electron chi connectivity index (χ2n) is 7.91. The first-order valence-corrected chi connectivity index (χ1v) is 10.6. The second kappa shape index (κ2) is 10.5. The predicted octanol–water partition coefficient (Wildman–Crippen LogP) is 6.01. The highest BCUT2D eigenvalue weighted by atomic mass is 19.4. The van der Waals surface area contributed by atoms with Gasteiger partial charge in [0.1, 0.15) is 0 Å². The van der Waals surface area contributed by atoms with Crippen molar-refractivity contribution >= 4 is 23.6 Å². The second-order valence-corrected chi connectivity index (χ2v) is 7.91. The lowest BCUT2D eigenvalue weighted by Gasteiger charge is -2.30. The number of hydrogen-bond donors (Lipinski definition) is 0. The number of anilines is 1. The summed E-state index contributed by atoms with van der Waals surface area (Å²) < 4.78 is 44.2. The molecular formula is C25H26F3NO3. The summed E-state index contributed by atoms with van der Waals surface area (Å²) >= 11 is 0. The topological polar surface area (TPSA) is 46.6 Å². The van der Waals surface area contributed by atoms with Gasteiger partial charge in [-0.25, -0.2) is 4.79 Å². The van der Waals surface area contributed by atoms with Gasteiger partial charge in [-0.15, -0.1) is 0 Å². The molecule has 1 saturated carbocycles. The van der Waals surface area contributed by atoms with Crippen LogP contribution in [0.5, 0.6) is 0 Å². The first kappa shape index (κ1) is 23.6. The Balaban J connectivity index is 1.94. The number of halogens is 3. The summed E-state index contributed by atoms with van der Waals surface area (Å²) in [5, 5.41) is 0. The molecule has 32 heavy (non-hydrogen) atoms. The third-order valence-corrected chi connectivity index (χ3v) is 5.61. The summed E-state index contributed by atoms with van der Waals surface area (Å²) in [4.78, 5) is 26.4. The normalized spacial score (nSPS) is 15.0.